The van der Waals surface area contributed by atoms with Crippen LogP contribution in [0.1, 0.15) is 51.8 Å². The lowest BCUT2D eigenvalue weighted by Gasteiger charge is -2.20. The molecule has 0 radical (unpaired) electrons. The fourth-order valence-electron chi connectivity index (χ4n) is 1.48. The third kappa shape index (κ3) is 2.48. The number of nitrogens with zero attached hydrogens (tertiary/aromatic N) is 2. The Hall–Kier alpha value is -0.210. The van der Waals surface area contributed by atoms with E-state index in [4.69, 9.17) is 23.2 Å². The van der Waals surface area contributed by atoms with Gasteiger partial charge in [-0.1, -0.05) is 25.4 Å². The summed E-state index contributed by atoms with van der Waals surface area (Å²) in [5, 5.41) is 5.22. The molecule has 0 atom stereocenters. The van der Waals surface area contributed by atoms with Crippen LogP contribution in [0.4, 0.5) is 0 Å². The van der Waals surface area contributed by atoms with Crippen molar-refractivity contribution in [2.45, 2.75) is 52.0 Å². The van der Waals surface area contributed by atoms with Crippen LogP contribution in [0.25, 0.3) is 0 Å². The number of rotatable bonds is 2. The van der Waals surface area contributed by atoms with E-state index >= 15 is 0 Å². The molecular formula is C11H18Cl2N2. The summed E-state index contributed by atoms with van der Waals surface area (Å²) < 4.78 is 1.85. The molecule has 0 saturated heterocycles. The van der Waals surface area contributed by atoms with Crippen LogP contribution >= 0.6 is 23.2 Å². The molecule has 15 heavy (non-hydrogen) atoms. The van der Waals surface area contributed by atoms with E-state index in [2.05, 4.69) is 39.7 Å². The molecule has 2 nitrogen and oxygen atoms in total. The van der Waals surface area contributed by atoms with Gasteiger partial charge in [0.1, 0.15) is 5.15 Å². The van der Waals surface area contributed by atoms with Gasteiger partial charge < -0.3 is 0 Å². The second-order valence-corrected chi connectivity index (χ2v) is 5.65. The summed E-state index contributed by atoms with van der Waals surface area (Å²) in [7, 11) is 0. The molecule has 0 saturated carbocycles. The molecule has 1 aromatic rings. The number of alkyl halides is 1. The topological polar surface area (TPSA) is 17.8 Å². The Morgan fingerprint density at radius 1 is 1.33 bits per heavy atom. The van der Waals surface area contributed by atoms with Crippen molar-refractivity contribution in [3.63, 3.8) is 0 Å². The van der Waals surface area contributed by atoms with E-state index in [1.807, 2.05) is 4.68 Å². The summed E-state index contributed by atoms with van der Waals surface area (Å²) in [6.45, 7) is 10.4. The predicted molar refractivity (Wildman–Crippen MR) is 65.9 cm³/mol. The van der Waals surface area contributed by atoms with Crippen LogP contribution in [0, 0.1) is 0 Å². The standard InChI is InChI=1S/C11H18Cl2N2/c1-7(2)9-8(6-12)10(13)15(14-9)11(3,4)5/h7H,6H2,1-5H3. The van der Waals surface area contributed by atoms with Gasteiger partial charge in [-0.25, -0.2) is 4.68 Å². The average Bonchev–Trinajstić information content (AvgIpc) is 2.41. The van der Waals surface area contributed by atoms with E-state index < -0.39 is 0 Å². The molecule has 0 spiro atoms. The molecule has 0 aromatic carbocycles. The van der Waals surface area contributed by atoms with Gasteiger partial charge in [-0.15, -0.1) is 11.6 Å². The smallest absolute Gasteiger partial charge is 0.132 e. The Morgan fingerprint density at radius 2 is 1.87 bits per heavy atom. The van der Waals surface area contributed by atoms with E-state index in [9.17, 15) is 0 Å². The molecule has 1 rings (SSSR count). The zero-order chi connectivity index (χ0) is 11.8. The van der Waals surface area contributed by atoms with Crippen LogP contribution in [0.2, 0.25) is 5.15 Å². The Kier molecular flexibility index (Phi) is 3.72. The van der Waals surface area contributed by atoms with E-state index in [1.54, 1.807) is 0 Å². The maximum Gasteiger partial charge on any atom is 0.132 e. The Balaban J connectivity index is 3.34. The first-order valence-electron chi connectivity index (χ1n) is 5.12. The van der Waals surface area contributed by atoms with Gasteiger partial charge in [0.2, 0.25) is 0 Å². The maximum atomic E-state index is 6.27. The van der Waals surface area contributed by atoms with Crippen molar-refractivity contribution in [2.24, 2.45) is 0 Å². The molecule has 0 aliphatic heterocycles. The Bertz CT molecular complexity index is 348. The number of hydrogen-bond donors (Lipinski definition) is 0. The fourth-order valence-corrected chi connectivity index (χ4v) is 2.26. The zero-order valence-electron chi connectivity index (χ0n) is 9.93. The van der Waals surface area contributed by atoms with Gasteiger partial charge in [-0.05, 0) is 26.7 Å². The van der Waals surface area contributed by atoms with Crippen molar-refractivity contribution < 1.29 is 0 Å². The van der Waals surface area contributed by atoms with Crippen LogP contribution in [0.5, 0.6) is 0 Å². The minimum absolute atomic E-state index is 0.106. The molecule has 0 amide bonds. The zero-order valence-corrected chi connectivity index (χ0v) is 11.4. The third-order valence-electron chi connectivity index (χ3n) is 2.27. The highest BCUT2D eigenvalue weighted by Gasteiger charge is 2.24. The van der Waals surface area contributed by atoms with E-state index in [0.717, 1.165) is 11.3 Å². The van der Waals surface area contributed by atoms with Crippen LogP contribution in [-0.2, 0) is 11.4 Å². The molecule has 1 aromatic heterocycles. The second-order valence-electron chi connectivity index (χ2n) is 5.03. The van der Waals surface area contributed by atoms with E-state index in [1.165, 1.54) is 0 Å². The van der Waals surface area contributed by atoms with Crippen molar-refractivity contribution in [3.05, 3.63) is 16.4 Å². The van der Waals surface area contributed by atoms with Gasteiger partial charge in [0.05, 0.1) is 17.1 Å². The van der Waals surface area contributed by atoms with Gasteiger partial charge in [-0.2, -0.15) is 5.10 Å². The van der Waals surface area contributed by atoms with Crippen LogP contribution < -0.4 is 0 Å². The summed E-state index contributed by atoms with van der Waals surface area (Å²) in [5.41, 5.74) is 1.86. The molecule has 0 N–H and O–H groups in total. The maximum absolute atomic E-state index is 6.27. The van der Waals surface area contributed by atoms with E-state index in [-0.39, 0.29) is 5.54 Å². The summed E-state index contributed by atoms with van der Waals surface area (Å²) in [6.07, 6.45) is 0. The molecule has 86 valence electrons. The SMILES string of the molecule is CC(C)c1nn(C(C)(C)C)c(Cl)c1CCl. The van der Waals surface area contributed by atoms with Gasteiger partial charge in [0.25, 0.3) is 0 Å². The van der Waals surface area contributed by atoms with Crippen molar-refractivity contribution >= 4 is 23.2 Å². The molecule has 1 heterocycles. The number of hydrogen-bond acceptors (Lipinski definition) is 1. The van der Waals surface area contributed by atoms with Gasteiger partial charge in [0.15, 0.2) is 0 Å². The molecular weight excluding hydrogens is 231 g/mol. The normalized spacial score (nSPS) is 12.5. The van der Waals surface area contributed by atoms with Crippen LogP contribution in [0.15, 0.2) is 0 Å². The first-order valence-corrected chi connectivity index (χ1v) is 6.04. The highest BCUT2D eigenvalue weighted by atomic mass is 35.5. The van der Waals surface area contributed by atoms with Crippen molar-refractivity contribution in [2.75, 3.05) is 0 Å². The lowest BCUT2D eigenvalue weighted by Crippen LogP contribution is -2.23. The summed E-state index contributed by atoms with van der Waals surface area (Å²) in [6, 6.07) is 0. The first kappa shape index (κ1) is 12.9. The molecule has 0 fully saturated rings. The highest BCUT2D eigenvalue weighted by molar-refractivity contribution is 6.31. The third-order valence-corrected chi connectivity index (χ3v) is 2.92. The van der Waals surface area contributed by atoms with Crippen LogP contribution in [0.3, 0.4) is 0 Å². The Morgan fingerprint density at radius 3 is 2.13 bits per heavy atom. The summed E-state index contributed by atoms with van der Waals surface area (Å²) in [5.74, 6) is 0.766. The largest absolute Gasteiger partial charge is 0.248 e. The Labute approximate surface area is 102 Å². The minimum atomic E-state index is -0.106. The monoisotopic (exact) mass is 248 g/mol. The van der Waals surface area contributed by atoms with Crippen molar-refractivity contribution in [1.82, 2.24) is 9.78 Å². The van der Waals surface area contributed by atoms with Gasteiger partial charge in [0, 0.05) is 5.56 Å². The second kappa shape index (κ2) is 4.34. The number of halogens is 2. The van der Waals surface area contributed by atoms with Crippen molar-refractivity contribution in [3.8, 4) is 0 Å². The molecule has 0 aliphatic carbocycles. The van der Waals surface area contributed by atoms with Gasteiger partial charge in [-0.3, -0.25) is 0 Å². The van der Waals surface area contributed by atoms with E-state index in [0.29, 0.717) is 17.0 Å². The lowest BCUT2D eigenvalue weighted by atomic mass is 10.1. The van der Waals surface area contributed by atoms with Gasteiger partial charge >= 0.3 is 0 Å². The average molecular weight is 249 g/mol. The summed E-state index contributed by atoms with van der Waals surface area (Å²) in [4.78, 5) is 0. The highest BCUT2D eigenvalue weighted by Crippen LogP contribution is 2.31. The first-order chi connectivity index (χ1) is 6.79. The fraction of sp³-hybridized carbons (Fsp3) is 0.727. The lowest BCUT2D eigenvalue weighted by molar-refractivity contribution is 0.353. The minimum Gasteiger partial charge on any atom is -0.248 e. The van der Waals surface area contributed by atoms with Crippen molar-refractivity contribution in [1.29, 1.82) is 0 Å². The molecule has 4 heteroatoms. The quantitative estimate of drug-likeness (QED) is 0.720. The molecule has 0 bridgehead atoms. The molecule has 0 unspecified atom stereocenters. The predicted octanol–water partition coefficient (Wildman–Crippen LogP) is 4.15. The van der Waals surface area contributed by atoms with Crippen LogP contribution in [-0.4, -0.2) is 9.78 Å². The molecule has 0 aliphatic rings. The number of aromatic nitrogens is 2. The summed E-state index contributed by atoms with van der Waals surface area (Å²) >= 11 is 12.2.